The van der Waals surface area contributed by atoms with Crippen molar-refractivity contribution < 1.29 is 14.3 Å². The zero-order valence-corrected chi connectivity index (χ0v) is 13.2. The van der Waals surface area contributed by atoms with Crippen LogP contribution in [0.3, 0.4) is 0 Å². The van der Waals surface area contributed by atoms with Crippen LogP contribution in [0.1, 0.15) is 24.3 Å². The molecular formula is C16H21N3O3. The zero-order valence-electron chi connectivity index (χ0n) is 13.2. The van der Waals surface area contributed by atoms with Crippen molar-refractivity contribution in [3.63, 3.8) is 0 Å². The first kappa shape index (κ1) is 15.0. The highest BCUT2D eigenvalue weighted by molar-refractivity contribution is 5.93. The van der Waals surface area contributed by atoms with Gasteiger partial charge >= 0.3 is 0 Å². The Balaban J connectivity index is 1.89. The Kier molecular flexibility index (Phi) is 3.88. The standard InChI is InChI=1S/C16H21N3O3/c1-16(2)11-18(9-12(22-16)10-21-3)15(20)13-5-4-6-14-17-7-8-19(13)14/h4-8,12H,9-11H2,1-3H3/t12-/m0/s1. The Morgan fingerprint density at radius 2 is 2.32 bits per heavy atom. The lowest BCUT2D eigenvalue weighted by Gasteiger charge is -2.42. The molecule has 6 nitrogen and oxygen atoms in total. The molecule has 0 spiro atoms. The summed E-state index contributed by atoms with van der Waals surface area (Å²) < 4.78 is 13.0. The molecule has 118 valence electrons. The van der Waals surface area contributed by atoms with E-state index in [1.807, 2.05) is 41.3 Å². The second kappa shape index (κ2) is 5.70. The fourth-order valence-electron chi connectivity index (χ4n) is 3.01. The van der Waals surface area contributed by atoms with Gasteiger partial charge in [-0.2, -0.15) is 0 Å². The molecule has 1 aliphatic heterocycles. The average Bonchev–Trinajstić information content (AvgIpc) is 2.93. The van der Waals surface area contributed by atoms with E-state index in [0.717, 1.165) is 5.65 Å². The molecule has 0 aliphatic carbocycles. The van der Waals surface area contributed by atoms with Crippen LogP contribution < -0.4 is 0 Å². The van der Waals surface area contributed by atoms with Gasteiger partial charge in [-0.1, -0.05) is 6.07 Å². The molecule has 6 heteroatoms. The number of carbonyl (C=O) groups is 1. The first-order chi connectivity index (χ1) is 10.5. The van der Waals surface area contributed by atoms with E-state index in [2.05, 4.69) is 4.98 Å². The molecule has 0 N–H and O–H groups in total. The molecule has 1 atom stereocenters. The molecule has 1 amide bonds. The minimum Gasteiger partial charge on any atom is -0.382 e. The summed E-state index contributed by atoms with van der Waals surface area (Å²) in [5.41, 5.74) is 0.996. The third-order valence-corrected chi connectivity index (χ3v) is 3.77. The predicted molar refractivity (Wildman–Crippen MR) is 81.9 cm³/mol. The van der Waals surface area contributed by atoms with Gasteiger partial charge in [0, 0.05) is 32.6 Å². The lowest BCUT2D eigenvalue weighted by molar-refractivity contribution is -0.143. The number of amides is 1. The number of aromatic nitrogens is 2. The minimum atomic E-state index is -0.389. The van der Waals surface area contributed by atoms with Gasteiger partial charge in [-0.3, -0.25) is 9.20 Å². The lowest BCUT2D eigenvalue weighted by atomic mass is 10.0. The van der Waals surface area contributed by atoms with E-state index in [-0.39, 0.29) is 17.6 Å². The van der Waals surface area contributed by atoms with Crippen molar-refractivity contribution in [2.45, 2.75) is 25.6 Å². The van der Waals surface area contributed by atoms with Crippen LogP contribution >= 0.6 is 0 Å². The number of rotatable bonds is 3. The van der Waals surface area contributed by atoms with Crippen LogP contribution in [0, 0.1) is 0 Å². The molecule has 3 rings (SSSR count). The minimum absolute atomic E-state index is 0.0129. The Morgan fingerprint density at radius 3 is 3.09 bits per heavy atom. The van der Waals surface area contributed by atoms with Crippen LogP contribution in [0.2, 0.25) is 0 Å². The van der Waals surface area contributed by atoms with Crippen LogP contribution in [0.15, 0.2) is 30.6 Å². The van der Waals surface area contributed by atoms with Gasteiger partial charge in [0.25, 0.3) is 5.91 Å². The first-order valence-corrected chi connectivity index (χ1v) is 7.38. The Labute approximate surface area is 129 Å². The van der Waals surface area contributed by atoms with E-state index in [1.54, 1.807) is 19.5 Å². The van der Waals surface area contributed by atoms with Crippen molar-refractivity contribution in [2.24, 2.45) is 0 Å². The molecule has 0 radical (unpaired) electrons. The normalized spacial score (nSPS) is 21.2. The van der Waals surface area contributed by atoms with Gasteiger partial charge < -0.3 is 14.4 Å². The van der Waals surface area contributed by atoms with Crippen molar-refractivity contribution >= 4 is 11.6 Å². The van der Waals surface area contributed by atoms with E-state index >= 15 is 0 Å². The van der Waals surface area contributed by atoms with Gasteiger partial charge in [0.05, 0.1) is 18.3 Å². The highest BCUT2D eigenvalue weighted by Crippen LogP contribution is 2.23. The van der Waals surface area contributed by atoms with Gasteiger partial charge in [0.15, 0.2) is 0 Å². The number of pyridine rings is 1. The molecule has 3 heterocycles. The molecule has 2 aromatic heterocycles. The number of hydrogen-bond acceptors (Lipinski definition) is 4. The van der Waals surface area contributed by atoms with Crippen LogP contribution in [0.25, 0.3) is 5.65 Å². The largest absolute Gasteiger partial charge is 0.382 e. The highest BCUT2D eigenvalue weighted by Gasteiger charge is 2.36. The Morgan fingerprint density at radius 1 is 1.50 bits per heavy atom. The third kappa shape index (κ3) is 2.84. The van der Waals surface area contributed by atoms with Gasteiger partial charge in [-0.15, -0.1) is 0 Å². The number of hydrogen-bond donors (Lipinski definition) is 0. The molecule has 1 aliphatic rings. The summed E-state index contributed by atoms with van der Waals surface area (Å²) in [7, 11) is 1.64. The molecule has 0 unspecified atom stereocenters. The van der Waals surface area contributed by atoms with Gasteiger partial charge in [0.2, 0.25) is 0 Å². The fourth-order valence-corrected chi connectivity index (χ4v) is 3.01. The lowest BCUT2D eigenvalue weighted by Crippen LogP contribution is -2.55. The van der Waals surface area contributed by atoms with Crippen LogP contribution in [-0.2, 0) is 9.47 Å². The van der Waals surface area contributed by atoms with Crippen molar-refractivity contribution in [1.29, 1.82) is 0 Å². The first-order valence-electron chi connectivity index (χ1n) is 7.38. The predicted octanol–water partition coefficient (Wildman–Crippen LogP) is 1.60. The molecule has 0 bridgehead atoms. The van der Waals surface area contributed by atoms with Gasteiger partial charge in [0.1, 0.15) is 11.3 Å². The maximum absolute atomic E-state index is 12.9. The second-order valence-corrected chi connectivity index (χ2v) is 6.21. The van der Waals surface area contributed by atoms with Crippen molar-refractivity contribution in [1.82, 2.24) is 14.3 Å². The third-order valence-electron chi connectivity index (χ3n) is 3.77. The number of imidazole rings is 1. The quantitative estimate of drug-likeness (QED) is 0.864. The summed E-state index contributed by atoms with van der Waals surface area (Å²) in [6, 6.07) is 5.56. The summed E-state index contributed by atoms with van der Waals surface area (Å²) in [4.78, 5) is 19.0. The summed E-state index contributed by atoms with van der Waals surface area (Å²) >= 11 is 0. The Bertz CT molecular complexity index is 680. The smallest absolute Gasteiger partial charge is 0.271 e. The number of fused-ring (bicyclic) bond motifs is 1. The van der Waals surface area contributed by atoms with Crippen molar-refractivity contribution in [3.8, 4) is 0 Å². The van der Waals surface area contributed by atoms with E-state index in [0.29, 0.717) is 25.4 Å². The molecule has 2 aromatic rings. The number of carbonyl (C=O) groups excluding carboxylic acids is 1. The number of morpholine rings is 1. The second-order valence-electron chi connectivity index (χ2n) is 6.21. The molecule has 0 saturated carbocycles. The number of methoxy groups -OCH3 is 1. The number of ether oxygens (including phenoxy) is 2. The summed E-state index contributed by atoms with van der Waals surface area (Å²) in [5, 5.41) is 0. The zero-order chi connectivity index (χ0) is 15.7. The summed E-state index contributed by atoms with van der Waals surface area (Å²) in [5.74, 6) is -0.0129. The van der Waals surface area contributed by atoms with Gasteiger partial charge in [-0.25, -0.2) is 4.98 Å². The maximum atomic E-state index is 12.9. The average molecular weight is 303 g/mol. The Hall–Kier alpha value is -1.92. The van der Waals surface area contributed by atoms with E-state index in [4.69, 9.17) is 9.47 Å². The van der Waals surface area contributed by atoms with E-state index in [9.17, 15) is 4.79 Å². The fraction of sp³-hybridized carbons (Fsp3) is 0.500. The van der Waals surface area contributed by atoms with Crippen LogP contribution in [0.5, 0.6) is 0 Å². The van der Waals surface area contributed by atoms with Gasteiger partial charge in [-0.05, 0) is 26.0 Å². The van der Waals surface area contributed by atoms with Crippen molar-refractivity contribution in [3.05, 3.63) is 36.3 Å². The highest BCUT2D eigenvalue weighted by atomic mass is 16.5. The van der Waals surface area contributed by atoms with Crippen LogP contribution in [0.4, 0.5) is 0 Å². The summed E-state index contributed by atoms with van der Waals surface area (Å²) in [6.45, 7) is 5.54. The summed E-state index contributed by atoms with van der Waals surface area (Å²) in [6.07, 6.45) is 3.39. The number of nitrogens with zero attached hydrogens (tertiary/aromatic N) is 3. The molecule has 0 aromatic carbocycles. The molecule has 1 fully saturated rings. The molecule has 1 saturated heterocycles. The van der Waals surface area contributed by atoms with Crippen LogP contribution in [-0.4, -0.2) is 58.7 Å². The monoisotopic (exact) mass is 303 g/mol. The van der Waals surface area contributed by atoms with E-state index in [1.165, 1.54) is 0 Å². The topological polar surface area (TPSA) is 56.1 Å². The maximum Gasteiger partial charge on any atom is 0.271 e. The van der Waals surface area contributed by atoms with E-state index < -0.39 is 0 Å². The molecule has 22 heavy (non-hydrogen) atoms. The SMILES string of the molecule is COC[C@@H]1CN(C(=O)c2cccc3nccn23)CC(C)(C)O1. The molecular weight excluding hydrogens is 282 g/mol. The van der Waals surface area contributed by atoms with Crippen molar-refractivity contribution in [2.75, 3.05) is 26.8 Å².